The van der Waals surface area contributed by atoms with Gasteiger partial charge in [0.05, 0.1) is 24.0 Å². The van der Waals surface area contributed by atoms with Gasteiger partial charge in [0.2, 0.25) is 0 Å². The molecule has 7 nitrogen and oxygen atoms in total. The third kappa shape index (κ3) is 4.73. The zero-order valence-electron chi connectivity index (χ0n) is 15.8. The van der Waals surface area contributed by atoms with Gasteiger partial charge in [-0.1, -0.05) is 20.4 Å². The van der Waals surface area contributed by atoms with Crippen molar-refractivity contribution in [3.05, 3.63) is 36.0 Å². The van der Waals surface area contributed by atoms with E-state index in [1.54, 1.807) is 6.92 Å². The van der Waals surface area contributed by atoms with Gasteiger partial charge in [0.25, 0.3) is 0 Å². The third-order valence-electron chi connectivity index (χ3n) is 5.00. The highest BCUT2D eigenvalue weighted by Gasteiger charge is 2.46. The summed E-state index contributed by atoms with van der Waals surface area (Å²) < 4.78 is 10.9. The molecule has 1 heterocycles. The zero-order valence-corrected chi connectivity index (χ0v) is 15.8. The van der Waals surface area contributed by atoms with Crippen molar-refractivity contribution >= 4 is 17.7 Å². The fraction of sp³-hybridized carbons (Fsp3) is 0.550. The van der Waals surface area contributed by atoms with Gasteiger partial charge in [-0.2, -0.15) is 0 Å². The summed E-state index contributed by atoms with van der Waals surface area (Å²) in [5.74, 6) is -2.73. The van der Waals surface area contributed by atoms with Gasteiger partial charge >= 0.3 is 11.9 Å². The Kier molecular flexibility index (Phi) is 6.38. The number of ether oxygens (including phenoxy) is 2. The molecule has 5 atom stereocenters. The smallest absolute Gasteiger partial charge is 0.334 e. The lowest BCUT2D eigenvalue weighted by Gasteiger charge is -2.32. The van der Waals surface area contributed by atoms with Crippen LogP contribution in [0.5, 0.6) is 0 Å². The van der Waals surface area contributed by atoms with Crippen LogP contribution < -0.4 is 0 Å². The van der Waals surface area contributed by atoms with E-state index in [-0.39, 0.29) is 23.5 Å². The maximum atomic E-state index is 12.4. The van der Waals surface area contributed by atoms with Crippen LogP contribution in [0.15, 0.2) is 36.0 Å². The summed E-state index contributed by atoms with van der Waals surface area (Å²) in [6.45, 7) is 8.24. The predicted molar refractivity (Wildman–Crippen MR) is 96.4 cm³/mol. The van der Waals surface area contributed by atoms with E-state index in [9.17, 15) is 24.6 Å². The van der Waals surface area contributed by atoms with Crippen molar-refractivity contribution in [3.8, 4) is 0 Å². The van der Waals surface area contributed by atoms with E-state index < -0.39 is 48.1 Å². The van der Waals surface area contributed by atoms with Gasteiger partial charge in [-0.15, -0.1) is 0 Å². The first-order valence-electron chi connectivity index (χ1n) is 8.97. The lowest BCUT2D eigenvalue weighted by atomic mass is 9.82. The number of carbonyl (C=O) groups excluding carboxylic acids is 3. The van der Waals surface area contributed by atoms with Crippen molar-refractivity contribution in [1.29, 1.82) is 0 Å². The van der Waals surface area contributed by atoms with E-state index in [1.165, 1.54) is 19.1 Å². The molecule has 7 heteroatoms. The van der Waals surface area contributed by atoms with Gasteiger partial charge in [-0.3, -0.25) is 9.59 Å². The molecule has 1 fully saturated rings. The molecule has 0 unspecified atom stereocenters. The zero-order chi connectivity index (χ0) is 20.4. The Bertz CT molecular complexity index is 701. The molecule has 0 bridgehead atoms. The Balaban J connectivity index is 2.50. The van der Waals surface area contributed by atoms with Gasteiger partial charge in [0.1, 0.15) is 12.2 Å². The van der Waals surface area contributed by atoms with Gasteiger partial charge in [-0.05, 0) is 31.6 Å². The Labute approximate surface area is 158 Å². The quantitative estimate of drug-likeness (QED) is 0.559. The Hall–Kier alpha value is -2.25. The van der Waals surface area contributed by atoms with E-state index in [1.807, 2.05) is 6.92 Å². The van der Waals surface area contributed by atoms with Crippen LogP contribution in [0, 0.1) is 11.8 Å². The molecule has 0 spiro atoms. The van der Waals surface area contributed by atoms with Crippen molar-refractivity contribution < 1.29 is 34.1 Å². The second-order valence-corrected chi connectivity index (χ2v) is 7.31. The molecule has 1 aliphatic carbocycles. The minimum atomic E-state index is -1.48. The molecule has 0 amide bonds. The van der Waals surface area contributed by atoms with E-state index in [0.717, 1.165) is 6.08 Å². The SMILES string of the molecule is C=C1C(=O)O[C@H]2/C=C(/CO)C(=O)/C=C/[C@@](C)(O)C[C@@H](OC(=O)[C@H](C)CC)[C@@H]12. The van der Waals surface area contributed by atoms with Gasteiger partial charge < -0.3 is 19.7 Å². The number of ketones is 1. The third-order valence-corrected chi connectivity index (χ3v) is 5.00. The minimum Gasteiger partial charge on any atom is -0.461 e. The summed E-state index contributed by atoms with van der Waals surface area (Å²) in [5.41, 5.74) is -1.36. The Morgan fingerprint density at radius 3 is 2.74 bits per heavy atom. The van der Waals surface area contributed by atoms with E-state index in [4.69, 9.17) is 9.47 Å². The highest BCUT2D eigenvalue weighted by molar-refractivity contribution is 6.04. The van der Waals surface area contributed by atoms with Crippen LogP contribution in [0.3, 0.4) is 0 Å². The predicted octanol–water partition coefficient (Wildman–Crippen LogP) is 1.24. The van der Waals surface area contributed by atoms with Crippen molar-refractivity contribution in [2.24, 2.45) is 11.8 Å². The van der Waals surface area contributed by atoms with Gasteiger partial charge in [0, 0.05) is 17.6 Å². The van der Waals surface area contributed by atoms with Crippen LogP contribution in [0.4, 0.5) is 0 Å². The highest BCUT2D eigenvalue weighted by atomic mass is 16.6. The first kappa shape index (κ1) is 21.1. The minimum absolute atomic E-state index is 0.0217. The van der Waals surface area contributed by atoms with Crippen molar-refractivity contribution in [2.45, 2.75) is 51.4 Å². The average Bonchev–Trinajstić information content (AvgIpc) is 2.89. The van der Waals surface area contributed by atoms with Crippen LogP contribution >= 0.6 is 0 Å². The number of esters is 2. The van der Waals surface area contributed by atoms with E-state index in [2.05, 4.69) is 6.58 Å². The molecular formula is C20H26O7. The number of allylic oxidation sites excluding steroid dienone is 1. The van der Waals surface area contributed by atoms with Crippen molar-refractivity contribution in [3.63, 3.8) is 0 Å². The maximum Gasteiger partial charge on any atom is 0.334 e. The van der Waals surface area contributed by atoms with E-state index >= 15 is 0 Å². The number of hydrogen-bond donors (Lipinski definition) is 2. The highest BCUT2D eigenvalue weighted by Crippen LogP contribution is 2.37. The number of carbonyl (C=O) groups is 3. The molecule has 0 aromatic carbocycles. The van der Waals surface area contributed by atoms with Crippen LogP contribution in [0.2, 0.25) is 0 Å². The lowest BCUT2D eigenvalue weighted by molar-refractivity contribution is -0.159. The molecule has 2 N–H and O–H groups in total. The van der Waals surface area contributed by atoms with Gasteiger partial charge in [0.15, 0.2) is 5.78 Å². The van der Waals surface area contributed by atoms with Crippen molar-refractivity contribution in [1.82, 2.24) is 0 Å². The van der Waals surface area contributed by atoms with Crippen LogP contribution in [-0.2, 0) is 23.9 Å². The maximum absolute atomic E-state index is 12.4. The van der Waals surface area contributed by atoms with Gasteiger partial charge in [-0.25, -0.2) is 4.79 Å². The largest absolute Gasteiger partial charge is 0.461 e. The van der Waals surface area contributed by atoms with Crippen molar-refractivity contribution in [2.75, 3.05) is 6.61 Å². The Morgan fingerprint density at radius 2 is 2.15 bits per heavy atom. The molecule has 0 saturated carbocycles. The molecule has 1 saturated heterocycles. The second-order valence-electron chi connectivity index (χ2n) is 7.31. The number of hydrogen-bond acceptors (Lipinski definition) is 7. The number of fused-ring (bicyclic) bond motifs is 1. The number of aliphatic hydroxyl groups is 2. The standard InChI is InChI=1S/C20H26O7/c1-5-11(2)18(23)27-16-9-20(4,25)7-6-14(22)13(10-21)8-15-17(16)12(3)19(24)26-15/h6-8,11,15-17,21,25H,3,5,9-10H2,1-2,4H3/b7-6+,13-8-/t11-,15+,16-,17+,20-/m1/s1. The number of aliphatic hydroxyl groups excluding tert-OH is 1. The summed E-state index contributed by atoms with van der Waals surface area (Å²) in [6.07, 6.45) is 2.53. The number of rotatable bonds is 4. The van der Waals surface area contributed by atoms with E-state index in [0.29, 0.717) is 6.42 Å². The molecular weight excluding hydrogens is 352 g/mol. The molecule has 27 heavy (non-hydrogen) atoms. The van der Waals surface area contributed by atoms with Crippen LogP contribution in [0.1, 0.15) is 33.6 Å². The molecule has 148 valence electrons. The first-order valence-corrected chi connectivity index (χ1v) is 8.97. The first-order chi connectivity index (χ1) is 12.6. The molecule has 0 aromatic rings. The second kappa shape index (κ2) is 8.19. The summed E-state index contributed by atoms with van der Waals surface area (Å²) >= 11 is 0. The average molecular weight is 378 g/mol. The van der Waals surface area contributed by atoms with Crippen LogP contribution in [-0.4, -0.2) is 52.4 Å². The summed E-state index contributed by atoms with van der Waals surface area (Å²) in [7, 11) is 0. The molecule has 0 aromatic heterocycles. The molecule has 2 aliphatic rings. The fourth-order valence-electron chi connectivity index (χ4n) is 3.10. The molecule has 2 rings (SSSR count). The molecule has 0 radical (unpaired) electrons. The summed E-state index contributed by atoms with van der Waals surface area (Å²) in [6, 6.07) is 0. The van der Waals surface area contributed by atoms with Crippen LogP contribution in [0.25, 0.3) is 0 Å². The fourth-order valence-corrected chi connectivity index (χ4v) is 3.10. The normalized spacial score (nSPS) is 35.5. The summed E-state index contributed by atoms with van der Waals surface area (Å²) in [5, 5.41) is 20.2. The Morgan fingerprint density at radius 1 is 1.48 bits per heavy atom. The topological polar surface area (TPSA) is 110 Å². The monoisotopic (exact) mass is 378 g/mol. The molecule has 1 aliphatic heterocycles. The summed E-state index contributed by atoms with van der Waals surface area (Å²) in [4.78, 5) is 36.7. The lowest BCUT2D eigenvalue weighted by Crippen LogP contribution is -2.40.